The minimum absolute atomic E-state index is 0.0174. The van der Waals surface area contributed by atoms with E-state index in [2.05, 4.69) is 0 Å². The largest absolute Gasteiger partial charge is 0.388 e. The lowest BCUT2D eigenvalue weighted by Crippen LogP contribution is -2.63. The average Bonchev–Trinajstić information content (AvgIpc) is 2.92. The molecule has 0 saturated carbocycles. The quantitative estimate of drug-likeness (QED) is 0.399. The summed E-state index contributed by atoms with van der Waals surface area (Å²) in [6, 6.07) is 29.2. The van der Waals surface area contributed by atoms with Gasteiger partial charge in [0.15, 0.2) is 6.29 Å². The zero-order valence-corrected chi connectivity index (χ0v) is 20.4. The maximum absolute atomic E-state index is 11.0. The van der Waals surface area contributed by atoms with Gasteiger partial charge in [-0.25, -0.2) is 0 Å². The van der Waals surface area contributed by atoms with Gasteiger partial charge in [0.1, 0.15) is 30.5 Å². The second kappa shape index (κ2) is 13.6. The van der Waals surface area contributed by atoms with Crippen molar-refractivity contribution in [3.63, 3.8) is 0 Å². The van der Waals surface area contributed by atoms with Crippen LogP contribution in [-0.4, -0.2) is 60.7 Å². The first kappa shape index (κ1) is 26.4. The molecule has 0 aromatic heterocycles. The lowest BCUT2D eigenvalue weighted by molar-refractivity contribution is -0.325. The smallest absolute Gasteiger partial charge is 0.184 e. The van der Waals surface area contributed by atoms with Gasteiger partial charge in [0, 0.05) is 7.11 Å². The van der Waals surface area contributed by atoms with Gasteiger partial charge in [-0.1, -0.05) is 91.0 Å². The van der Waals surface area contributed by atoms with Crippen LogP contribution in [0, 0.1) is 0 Å². The van der Waals surface area contributed by atoms with E-state index in [-0.39, 0.29) is 26.4 Å². The Hall–Kier alpha value is -2.62. The maximum atomic E-state index is 11.0. The molecule has 0 amide bonds. The van der Waals surface area contributed by atoms with E-state index >= 15 is 0 Å². The van der Waals surface area contributed by atoms with Gasteiger partial charge in [-0.2, -0.15) is 0 Å². The summed E-state index contributed by atoms with van der Waals surface area (Å²) in [5.41, 5.74) is 2.89. The van der Waals surface area contributed by atoms with E-state index in [1.165, 1.54) is 7.11 Å². The van der Waals surface area contributed by atoms with Crippen LogP contribution in [0.5, 0.6) is 0 Å². The van der Waals surface area contributed by atoms with Crippen molar-refractivity contribution < 1.29 is 33.9 Å². The van der Waals surface area contributed by atoms with Gasteiger partial charge in [0.05, 0.1) is 26.4 Å². The fourth-order valence-corrected chi connectivity index (χ4v) is 4.28. The summed E-state index contributed by atoms with van der Waals surface area (Å²) in [5.74, 6) is 0. The molecule has 6 atom stereocenters. The molecule has 7 nitrogen and oxygen atoms in total. The van der Waals surface area contributed by atoms with Crippen LogP contribution in [0.4, 0.5) is 0 Å². The molecule has 1 heterocycles. The van der Waals surface area contributed by atoms with Gasteiger partial charge in [-0.15, -0.1) is 0 Å². The number of ether oxygens (including phenoxy) is 5. The summed E-state index contributed by atoms with van der Waals surface area (Å²) in [4.78, 5) is 0. The highest BCUT2D eigenvalue weighted by atomic mass is 16.7. The van der Waals surface area contributed by atoms with E-state index in [4.69, 9.17) is 23.7 Å². The van der Waals surface area contributed by atoms with Crippen LogP contribution >= 0.6 is 0 Å². The first-order valence-corrected chi connectivity index (χ1v) is 12.1. The fraction of sp³-hybridized carbons (Fsp3) is 0.379. The third-order valence-corrected chi connectivity index (χ3v) is 6.12. The topological polar surface area (TPSA) is 86.6 Å². The predicted molar refractivity (Wildman–Crippen MR) is 134 cm³/mol. The van der Waals surface area contributed by atoms with Gasteiger partial charge in [0.25, 0.3) is 0 Å². The molecule has 7 heteroatoms. The Balaban J connectivity index is 1.59. The molecule has 3 aromatic carbocycles. The number of hydrogen-bond donors (Lipinski definition) is 2. The van der Waals surface area contributed by atoms with Gasteiger partial charge in [-0.3, -0.25) is 0 Å². The SMILES string of the molecule is COC[C@@H](O)[C@H]1O[C@H](O)[C@H](OCc2ccccc2)[C@@H](OCc2ccccc2)[C@@H]1OCc1ccccc1. The van der Waals surface area contributed by atoms with Crippen molar-refractivity contribution in [2.75, 3.05) is 13.7 Å². The Morgan fingerprint density at radius 1 is 0.667 bits per heavy atom. The second-order valence-electron chi connectivity index (χ2n) is 8.80. The third kappa shape index (κ3) is 7.21. The summed E-state index contributed by atoms with van der Waals surface area (Å²) in [7, 11) is 1.50. The Bertz CT molecular complexity index is 1000. The van der Waals surface area contributed by atoms with Crippen molar-refractivity contribution in [3.8, 4) is 0 Å². The zero-order valence-electron chi connectivity index (χ0n) is 20.4. The van der Waals surface area contributed by atoms with Crippen LogP contribution in [0.2, 0.25) is 0 Å². The van der Waals surface area contributed by atoms with Crippen LogP contribution in [0.3, 0.4) is 0 Å². The van der Waals surface area contributed by atoms with Gasteiger partial charge in [0.2, 0.25) is 0 Å². The molecule has 0 radical (unpaired) electrons. The number of aliphatic hydroxyl groups excluding tert-OH is 2. The number of hydrogen-bond acceptors (Lipinski definition) is 7. The van der Waals surface area contributed by atoms with E-state index in [0.29, 0.717) is 0 Å². The molecule has 1 fully saturated rings. The van der Waals surface area contributed by atoms with Crippen LogP contribution < -0.4 is 0 Å². The van der Waals surface area contributed by atoms with E-state index in [0.717, 1.165) is 16.7 Å². The maximum Gasteiger partial charge on any atom is 0.184 e. The highest BCUT2D eigenvalue weighted by molar-refractivity contribution is 5.15. The summed E-state index contributed by atoms with van der Waals surface area (Å²) in [5, 5.41) is 21.8. The Kier molecular flexibility index (Phi) is 10.0. The van der Waals surface area contributed by atoms with Gasteiger partial charge in [-0.05, 0) is 16.7 Å². The van der Waals surface area contributed by atoms with Crippen LogP contribution in [0.25, 0.3) is 0 Å². The summed E-state index contributed by atoms with van der Waals surface area (Å²) >= 11 is 0. The van der Waals surface area contributed by atoms with Crippen molar-refractivity contribution >= 4 is 0 Å². The molecule has 4 rings (SSSR count). The lowest BCUT2D eigenvalue weighted by Gasteiger charge is -2.45. The van der Waals surface area contributed by atoms with Crippen molar-refractivity contribution in [1.29, 1.82) is 0 Å². The highest BCUT2D eigenvalue weighted by Crippen LogP contribution is 2.31. The molecule has 1 aliphatic rings. The Labute approximate surface area is 212 Å². The van der Waals surface area contributed by atoms with Crippen LogP contribution in [0.15, 0.2) is 91.0 Å². The first-order chi connectivity index (χ1) is 17.7. The van der Waals surface area contributed by atoms with Gasteiger partial charge >= 0.3 is 0 Å². The molecule has 0 unspecified atom stereocenters. The van der Waals surface area contributed by atoms with Crippen LogP contribution in [0.1, 0.15) is 16.7 Å². The molecular formula is C29H34O7. The molecular weight excluding hydrogens is 460 g/mol. The summed E-state index contributed by atoms with van der Waals surface area (Å²) < 4.78 is 29.9. The molecule has 1 aliphatic heterocycles. The number of methoxy groups -OCH3 is 1. The third-order valence-electron chi connectivity index (χ3n) is 6.12. The molecule has 1 saturated heterocycles. The predicted octanol–water partition coefficient (Wildman–Crippen LogP) is 3.47. The van der Waals surface area contributed by atoms with Crippen molar-refractivity contribution in [2.24, 2.45) is 0 Å². The first-order valence-electron chi connectivity index (χ1n) is 12.1. The van der Waals surface area contributed by atoms with Crippen molar-refractivity contribution in [2.45, 2.75) is 56.6 Å². The number of aliphatic hydroxyl groups is 2. The molecule has 0 aliphatic carbocycles. The zero-order chi connectivity index (χ0) is 25.2. The molecule has 3 aromatic rings. The van der Waals surface area contributed by atoms with E-state index in [1.807, 2.05) is 91.0 Å². The van der Waals surface area contributed by atoms with Crippen LogP contribution in [-0.2, 0) is 43.5 Å². The monoisotopic (exact) mass is 494 g/mol. The second-order valence-corrected chi connectivity index (χ2v) is 8.80. The standard InChI is InChI=1S/C29H34O7/c1-32-20-24(30)25-26(33-17-21-11-5-2-6-12-21)27(34-18-22-13-7-3-8-14-22)28(29(31)36-25)35-19-23-15-9-4-10-16-23/h2-16,24-31H,17-20H2,1H3/t24-,25-,26-,27+,28-,29+/m1/s1. The molecule has 0 bridgehead atoms. The van der Waals surface area contributed by atoms with E-state index in [9.17, 15) is 10.2 Å². The summed E-state index contributed by atoms with van der Waals surface area (Å²) in [6.45, 7) is 0.830. The fourth-order valence-electron chi connectivity index (χ4n) is 4.28. The molecule has 0 spiro atoms. The Morgan fingerprint density at radius 2 is 1.08 bits per heavy atom. The molecule has 2 N–H and O–H groups in total. The van der Waals surface area contributed by atoms with Gasteiger partial charge < -0.3 is 33.9 Å². The van der Waals surface area contributed by atoms with E-state index in [1.54, 1.807) is 0 Å². The normalized spacial score (nSPS) is 24.9. The van der Waals surface area contributed by atoms with E-state index < -0.39 is 36.8 Å². The number of rotatable bonds is 12. The molecule has 36 heavy (non-hydrogen) atoms. The average molecular weight is 495 g/mol. The lowest BCUT2D eigenvalue weighted by atomic mass is 9.94. The minimum atomic E-state index is -1.33. The highest BCUT2D eigenvalue weighted by Gasteiger charge is 2.50. The minimum Gasteiger partial charge on any atom is -0.388 e. The summed E-state index contributed by atoms with van der Waals surface area (Å²) in [6.07, 6.45) is -5.56. The van der Waals surface area contributed by atoms with Crippen molar-refractivity contribution in [3.05, 3.63) is 108 Å². The Morgan fingerprint density at radius 3 is 1.53 bits per heavy atom. The number of benzene rings is 3. The van der Waals surface area contributed by atoms with Crippen molar-refractivity contribution in [1.82, 2.24) is 0 Å². The molecule has 192 valence electrons.